The lowest BCUT2D eigenvalue weighted by atomic mass is 9.98. The zero-order valence-electron chi connectivity index (χ0n) is 13.6. The smallest absolute Gasteiger partial charge is 0.0687 e. The fourth-order valence-corrected chi connectivity index (χ4v) is 2.30. The third kappa shape index (κ3) is 4.48. The SMILES string of the molecule is C=C(C)/C(N=C(C)CCCC)=C(/C)c1ccccc1C. The van der Waals surface area contributed by atoms with E-state index in [-0.39, 0.29) is 0 Å². The molecule has 0 saturated carbocycles. The zero-order chi connectivity index (χ0) is 15.1. The number of aliphatic imine (C=N–C) groups is 1. The molecule has 0 aliphatic heterocycles. The van der Waals surface area contributed by atoms with Crippen molar-refractivity contribution in [1.82, 2.24) is 0 Å². The molecular formula is C19H27N. The van der Waals surface area contributed by atoms with Crippen molar-refractivity contribution in [2.75, 3.05) is 0 Å². The van der Waals surface area contributed by atoms with Gasteiger partial charge in [0.05, 0.1) is 5.70 Å². The third-order valence-corrected chi connectivity index (χ3v) is 3.50. The Morgan fingerprint density at radius 1 is 1.15 bits per heavy atom. The average molecular weight is 269 g/mol. The molecule has 1 rings (SSSR count). The molecule has 0 unspecified atom stereocenters. The Kier molecular flexibility index (Phi) is 6.44. The number of rotatable bonds is 6. The Hall–Kier alpha value is -1.63. The Bertz CT molecular complexity index is 532. The second-order valence-electron chi connectivity index (χ2n) is 5.52. The third-order valence-electron chi connectivity index (χ3n) is 3.50. The highest BCUT2D eigenvalue weighted by molar-refractivity contribution is 5.85. The summed E-state index contributed by atoms with van der Waals surface area (Å²) in [5.41, 5.74) is 7.02. The van der Waals surface area contributed by atoms with E-state index < -0.39 is 0 Å². The van der Waals surface area contributed by atoms with Crippen LogP contribution in [0.1, 0.15) is 58.1 Å². The lowest BCUT2D eigenvalue weighted by molar-refractivity contribution is 0.832. The molecule has 0 bridgehead atoms. The first kappa shape index (κ1) is 16.4. The Morgan fingerprint density at radius 3 is 2.35 bits per heavy atom. The molecule has 0 aromatic heterocycles. The van der Waals surface area contributed by atoms with Crippen LogP contribution in [0.2, 0.25) is 0 Å². The van der Waals surface area contributed by atoms with E-state index in [0.29, 0.717) is 0 Å². The summed E-state index contributed by atoms with van der Waals surface area (Å²) in [5.74, 6) is 0. The molecule has 0 radical (unpaired) electrons. The van der Waals surface area contributed by atoms with Crippen LogP contribution >= 0.6 is 0 Å². The van der Waals surface area contributed by atoms with Crippen LogP contribution in [-0.4, -0.2) is 5.71 Å². The van der Waals surface area contributed by atoms with Crippen LogP contribution in [0.3, 0.4) is 0 Å². The van der Waals surface area contributed by atoms with E-state index in [1.807, 2.05) is 6.92 Å². The highest BCUT2D eigenvalue weighted by Crippen LogP contribution is 2.26. The highest BCUT2D eigenvalue weighted by Gasteiger charge is 2.07. The summed E-state index contributed by atoms with van der Waals surface area (Å²) >= 11 is 0. The van der Waals surface area contributed by atoms with Crippen molar-refractivity contribution >= 4 is 11.3 Å². The molecule has 0 spiro atoms. The predicted octanol–water partition coefficient (Wildman–Crippen LogP) is 5.95. The van der Waals surface area contributed by atoms with Crippen molar-refractivity contribution in [1.29, 1.82) is 0 Å². The van der Waals surface area contributed by atoms with E-state index >= 15 is 0 Å². The molecule has 1 aromatic carbocycles. The molecular weight excluding hydrogens is 242 g/mol. The van der Waals surface area contributed by atoms with Crippen LogP contribution in [0.4, 0.5) is 0 Å². The second-order valence-corrected chi connectivity index (χ2v) is 5.52. The van der Waals surface area contributed by atoms with Crippen molar-refractivity contribution < 1.29 is 0 Å². The molecule has 0 saturated heterocycles. The molecule has 0 atom stereocenters. The van der Waals surface area contributed by atoms with E-state index in [0.717, 1.165) is 17.7 Å². The summed E-state index contributed by atoms with van der Waals surface area (Å²) in [7, 11) is 0. The summed E-state index contributed by atoms with van der Waals surface area (Å²) in [6.45, 7) is 14.7. The standard InChI is InChI=1S/C19H27N/c1-7-8-12-16(5)20-19(14(2)3)17(6)18-13-10-9-11-15(18)4/h9-11,13H,2,7-8,12H2,1,3-6H3/b19-17+,20-16?. The highest BCUT2D eigenvalue weighted by atomic mass is 14.8. The average Bonchev–Trinajstić information content (AvgIpc) is 2.42. The van der Waals surface area contributed by atoms with Gasteiger partial charge in [0, 0.05) is 5.71 Å². The van der Waals surface area contributed by atoms with Gasteiger partial charge in [-0.15, -0.1) is 0 Å². The number of allylic oxidation sites excluding steroid dienone is 2. The number of hydrogen-bond donors (Lipinski definition) is 0. The van der Waals surface area contributed by atoms with Gasteiger partial charge in [0.1, 0.15) is 0 Å². The van der Waals surface area contributed by atoms with Crippen LogP contribution in [-0.2, 0) is 0 Å². The van der Waals surface area contributed by atoms with E-state index in [9.17, 15) is 0 Å². The minimum atomic E-state index is 1.03. The Labute approximate surface area is 124 Å². The quantitative estimate of drug-likeness (QED) is 0.447. The van der Waals surface area contributed by atoms with Crippen LogP contribution in [0, 0.1) is 6.92 Å². The van der Waals surface area contributed by atoms with E-state index in [2.05, 4.69) is 58.5 Å². The number of hydrogen-bond acceptors (Lipinski definition) is 1. The molecule has 0 aliphatic rings. The molecule has 0 aliphatic carbocycles. The maximum absolute atomic E-state index is 4.83. The Morgan fingerprint density at radius 2 is 1.80 bits per heavy atom. The van der Waals surface area contributed by atoms with Gasteiger partial charge in [0.2, 0.25) is 0 Å². The van der Waals surface area contributed by atoms with Crippen LogP contribution in [0.5, 0.6) is 0 Å². The number of nitrogens with zero attached hydrogens (tertiary/aromatic N) is 1. The molecule has 0 N–H and O–H groups in total. The molecule has 1 aromatic rings. The van der Waals surface area contributed by atoms with Gasteiger partial charge in [0.15, 0.2) is 0 Å². The number of benzene rings is 1. The first-order valence-corrected chi connectivity index (χ1v) is 7.44. The normalized spacial score (nSPS) is 13.2. The fraction of sp³-hybridized carbons (Fsp3) is 0.421. The van der Waals surface area contributed by atoms with E-state index in [1.54, 1.807) is 0 Å². The van der Waals surface area contributed by atoms with Gasteiger partial charge >= 0.3 is 0 Å². The molecule has 108 valence electrons. The molecule has 0 fully saturated rings. The van der Waals surface area contributed by atoms with Crippen LogP contribution < -0.4 is 0 Å². The van der Waals surface area contributed by atoms with Crippen molar-refractivity contribution in [3.63, 3.8) is 0 Å². The van der Waals surface area contributed by atoms with Crippen molar-refractivity contribution in [3.05, 3.63) is 53.2 Å². The molecule has 1 nitrogen and oxygen atoms in total. The van der Waals surface area contributed by atoms with Crippen molar-refractivity contribution in [2.24, 2.45) is 4.99 Å². The second kappa shape index (κ2) is 7.84. The van der Waals surface area contributed by atoms with Crippen LogP contribution in [0.15, 0.2) is 47.1 Å². The summed E-state index contributed by atoms with van der Waals surface area (Å²) < 4.78 is 0. The van der Waals surface area contributed by atoms with E-state index in [1.165, 1.54) is 35.3 Å². The number of aryl methyl sites for hydroxylation is 1. The fourth-order valence-electron chi connectivity index (χ4n) is 2.30. The molecule has 0 heterocycles. The van der Waals surface area contributed by atoms with Crippen LogP contribution in [0.25, 0.3) is 5.57 Å². The minimum absolute atomic E-state index is 1.03. The monoisotopic (exact) mass is 269 g/mol. The van der Waals surface area contributed by atoms with Gasteiger partial charge in [-0.05, 0) is 62.8 Å². The Balaban J connectivity index is 3.21. The lowest BCUT2D eigenvalue weighted by Crippen LogP contribution is -1.96. The summed E-state index contributed by atoms with van der Waals surface area (Å²) in [4.78, 5) is 4.83. The number of unbranched alkanes of at least 4 members (excludes halogenated alkanes) is 1. The van der Waals surface area contributed by atoms with Crippen molar-refractivity contribution in [2.45, 2.75) is 53.9 Å². The first-order valence-electron chi connectivity index (χ1n) is 7.44. The molecule has 1 heteroatoms. The topological polar surface area (TPSA) is 12.4 Å². The molecule has 20 heavy (non-hydrogen) atoms. The minimum Gasteiger partial charge on any atom is -0.258 e. The van der Waals surface area contributed by atoms with E-state index in [4.69, 9.17) is 4.99 Å². The molecule has 0 amide bonds. The van der Waals surface area contributed by atoms with Gasteiger partial charge in [0.25, 0.3) is 0 Å². The van der Waals surface area contributed by atoms with Gasteiger partial charge in [-0.2, -0.15) is 0 Å². The largest absolute Gasteiger partial charge is 0.258 e. The summed E-state index contributed by atoms with van der Waals surface area (Å²) in [5, 5.41) is 0. The lowest BCUT2D eigenvalue weighted by Gasteiger charge is -2.12. The van der Waals surface area contributed by atoms with Gasteiger partial charge in [-0.1, -0.05) is 44.2 Å². The summed E-state index contributed by atoms with van der Waals surface area (Å²) in [6, 6.07) is 8.45. The predicted molar refractivity (Wildman–Crippen MR) is 91.2 cm³/mol. The van der Waals surface area contributed by atoms with Gasteiger partial charge < -0.3 is 0 Å². The summed E-state index contributed by atoms with van der Waals surface area (Å²) in [6.07, 6.45) is 3.46. The van der Waals surface area contributed by atoms with Gasteiger partial charge in [-0.25, -0.2) is 0 Å². The first-order chi connectivity index (χ1) is 9.47. The zero-order valence-corrected chi connectivity index (χ0v) is 13.6. The maximum atomic E-state index is 4.83. The maximum Gasteiger partial charge on any atom is 0.0687 e. The van der Waals surface area contributed by atoms with Gasteiger partial charge in [-0.3, -0.25) is 4.99 Å². The van der Waals surface area contributed by atoms with Crippen molar-refractivity contribution in [3.8, 4) is 0 Å².